The van der Waals surface area contributed by atoms with Crippen molar-refractivity contribution in [3.8, 4) is 5.75 Å². The summed E-state index contributed by atoms with van der Waals surface area (Å²) in [4.78, 5) is 8.49. The Morgan fingerprint density at radius 1 is 1.26 bits per heavy atom. The molecule has 27 heavy (non-hydrogen) atoms. The molecule has 3 rings (SSSR count). The molecule has 142 valence electrons. The SMILES string of the molecule is CCOP(C)(=O)c1cc2c(Nc3ccc(F)c(Cl)c3)ncnc2cc1OC. The average Bonchev–Trinajstić information content (AvgIpc) is 2.64. The number of benzene rings is 2. The molecule has 0 aliphatic heterocycles. The zero-order valence-electron chi connectivity index (χ0n) is 15.0. The van der Waals surface area contributed by atoms with Crippen LogP contribution in [0.2, 0.25) is 5.02 Å². The Labute approximate surface area is 161 Å². The van der Waals surface area contributed by atoms with E-state index < -0.39 is 13.2 Å². The standard InChI is InChI=1S/C18H18ClFN3O3P/c1-4-26-27(3,24)17-8-12-15(9-16(17)25-2)21-10-22-18(12)23-11-5-6-14(20)13(19)7-11/h5-10H,4H2,1-3H3,(H,21,22,23). The van der Waals surface area contributed by atoms with E-state index in [1.807, 2.05) is 0 Å². The molecule has 1 aromatic heterocycles. The molecule has 0 amide bonds. The van der Waals surface area contributed by atoms with Crippen LogP contribution in [0.3, 0.4) is 0 Å². The largest absolute Gasteiger partial charge is 0.496 e. The number of methoxy groups -OCH3 is 1. The van der Waals surface area contributed by atoms with Crippen molar-refractivity contribution in [1.29, 1.82) is 0 Å². The van der Waals surface area contributed by atoms with E-state index in [2.05, 4.69) is 15.3 Å². The Balaban J connectivity index is 2.14. The van der Waals surface area contributed by atoms with Crippen molar-refractivity contribution >= 4 is 46.7 Å². The number of aromatic nitrogens is 2. The van der Waals surface area contributed by atoms with E-state index in [1.54, 1.807) is 25.1 Å². The summed E-state index contributed by atoms with van der Waals surface area (Å²) in [6.07, 6.45) is 1.39. The predicted octanol–water partition coefficient (Wildman–Crippen LogP) is 4.74. The zero-order valence-corrected chi connectivity index (χ0v) is 16.6. The second-order valence-corrected chi connectivity index (χ2v) is 8.62. The molecular weight excluding hydrogens is 392 g/mol. The fraction of sp³-hybridized carbons (Fsp3) is 0.222. The maximum Gasteiger partial charge on any atom is 0.232 e. The van der Waals surface area contributed by atoms with Gasteiger partial charge in [-0.2, -0.15) is 0 Å². The predicted molar refractivity (Wildman–Crippen MR) is 106 cm³/mol. The molecule has 1 N–H and O–H groups in total. The van der Waals surface area contributed by atoms with Gasteiger partial charge < -0.3 is 14.6 Å². The smallest absolute Gasteiger partial charge is 0.232 e. The van der Waals surface area contributed by atoms with Gasteiger partial charge in [0, 0.05) is 23.8 Å². The Bertz CT molecular complexity index is 1050. The van der Waals surface area contributed by atoms with Gasteiger partial charge in [0.1, 0.15) is 23.7 Å². The highest BCUT2D eigenvalue weighted by Gasteiger charge is 2.25. The van der Waals surface area contributed by atoms with E-state index >= 15 is 0 Å². The van der Waals surface area contributed by atoms with Crippen molar-refractivity contribution in [2.45, 2.75) is 6.92 Å². The molecule has 0 radical (unpaired) electrons. The second kappa shape index (κ2) is 7.80. The number of anilines is 2. The molecule has 1 unspecified atom stereocenters. The van der Waals surface area contributed by atoms with Crippen LogP contribution in [-0.2, 0) is 9.09 Å². The summed E-state index contributed by atoms with van der Waals surface area (Å²) in [5, 5.41) is 4.15. The Morgan fingerprint density at radius 2 is 2.04 bits per heavy atom. The van der Waals surface area contributed by atoms with Crippen LogP contribution < -0.4 is 15.4 Å². The van der Waals surface area contributed by atoms with Gasteiger partial charge in [-0.3, -0.25) is 4.57 Å². The maximum absolute atomic E-state index is 13.4. The lowest BCUT2D eigenvalue weighted by Crippen LogP contribution is -2.11. The molecule has 3 aromatic rings. The Kier molecular flexibility index (Phi) is 5.65. The minimum absolute atomic E-state index is 0.00451. The monoisotopic (exact) mass is 409 g/mol. The first kappa shape index (κ1) is 19.5. The van der Waals surface area contributed by atoms with Crippen LogP contribution >= 0.6 is 19.0 Å². The summed E-state index contributed by atoms with van der Waals surface area (Å²) in [6.45, 7) is 3.62. The van der Waals surface area contributed by atoms with Crippen molar-refractivity contribution < 1.29 is 18.2 Å². The number of nitrogens with zero attached hydrogens (tertiary/aromatic N) is 2. The van der Waals surface area contributed by atoms with Gasteiger partial charge in [0.15, 0.2) is 0 Å². The second-order valence-electron chi connectivity index (χ2n) is 5.78. The molecule has 0 bridgehead atoms. The molecule has 0 spiro atoms. The molecular formula is C18H18ClFN3O3P. The van der Waals surface area contributed by atoms with Crippen LogP contribution in [0.1, 0.15) is 6.92 Å². The van der Waals surface area contributed by atoms with Crippen molar-refractivity contribution in [2.24, 2.45) is 0 Å². The third-order valence-corrected chi connectivity index (χ3v) is 6.20. The summed E-state index contributed by atoms with van der Waals surface area (Å²) in [5.74, 6) is 0.379. The zero-order chi connectivity index (χ0) is 19.6. The van der Waals surface area contributed by atoms with Crippen LogP contribution in [-0.4, -0.2) is 30.3 Å². The van der Waals surface area contributed by atoms with Gasteiger partial charge in [-0.1, -0.05) is 11.6 Å². The molecule has 0 saturated heterocycles. The van der Waals surface area contributed by atoms with Gasteiger partial charge >= 0.3 is 0 Å². The van der Waals surface area contributed by atoms with E-state index in [1.165, 1.54) is 32.2 Å². The highest BCUT2D eigenvalue weighted by molar-refractivity contribution is 7.66. The molecule has 0 fully saturated rings. The molecule has 0 aliphatic rings. The van der Waals surface area contributed by atoms with Gasteiger partial charge in [0.25, 0.3) is 0 Å². The fourth-order valence-corrected chi connectivity index (χ4v) is 4.41. The quantitative estimate of drug-likeness (QED) is 0.592. The molecule has 2 aromatic carbocycles. The number of nitrogens with one attached hydrogen (secondary N) is 1. The van der Waals surface area contributed by atoms with Crippen LogP contribution in [0.25, 0.3) is 10.9 Å². The normalized spacial score (nSPS) is 13.4. The summed E-state index contributed by atoms with van der Waals surface area (Å²) in [7, 11) is -1.60. The summed E-state index contributed by atoms with van der Waals surface area (Å²) < 4.78 is 37.2. The van der Waals surface area contributed by atoms with E-state index in [-0.39, 0.29) is 5.02 Å². The van der Waals surface area contributed by atoms with E-state index in [9.17, 15) is 8.96 Å². The van der Waals surface area contributed by atoms with Crippen LogP contribution in [0.5, 0.6) is 5.75 Å². The minimum atomic E-state index is -3.10. The lowest BCUT2D eigenvalue weighted by atomic mass is 10.2. The number of rotatable bonds is 6. The van der Waals surface area contributed by atoms with Gasteiger partial charge in [0.05, 0.1) is 29.6 Å². The van der Waals surface area contributed by atoms with Crippen molar-refractivity contribution in [2.75, 3.05) is 25.7 Å². The summed E-state index contributed by atoms with van der Waals surface area (Å²) >= 11 is 5.84. The lowest BCUT2D eigenvalue weighted by Gasteiger charge is -2.18. The van der Waals surface area contributed by atoms with Gasteiger partial charge in [0.2, 0.25) is 7.37 Å². The summed E-state index contributed by atoms with van der Waals surface area (Å²) in [5.41, 5.74) is 1.15. The maximum atomic E-state index is 13.4. The highest BCUT2D eigenvalue weighted by Crippen LogP contribution is 2.45. The molecule has 0 aliphatic carbocycles. The van der Waals surface area contributed by atoms with Crippen LogP contribution in [0.4, 0.5) is 15.9 Å². The lowest BCUT2D eigenvalue weighted by molar-refractivity contribution is 0.343. The Morgan fingerprint density at radius 3 is 2.70 bits per heavy atom. The number of hydrogen-bond acceptors (Lipinski definition) is 6. The minimum Gasteiger partial charge on any atom is -0.496 e. The van der Waals surface area contributed by atoms with Gasteiger partial charge in [-0.25, -0.2) is 14.4 Å². The average molecular weight is 410 g/mol. The van der Waals surface area contributed by atoms with Gasteiger partial charge in [-0.05, 0) is 31.2 Å². The third-order valence-electron chi connectivity index (χ3n) is 3.93. The van der Waals surface area contributed by atoms with E-state index in [0.29, 0.717) is 40.1 Å². The number of ether oxygens (including phenoxy) is 1. The molecule has 1 atom stereocenters. The fourth-order valence-electron chi connectivity index (χ4n) is 2.68. The van der Waals surface area contributed by atoms with Crippen LogP contribution in [0, 0.1) is 5.82 Å². The van der Waals surface area contributed by atoms with Crippen molar-refractivity contribution in [1.82, 2.24) is 9.97 Å². The molecule has 0 saturated carbocycles. The van der Waals surface area contributed by atoms with Gasteiger partial charge in [-0.15, -0.1) is 0 Å². The topological polar surface area (TPSA) is 73.3 Å². The Hall–Kier alpha value is -2.21. The number of hydrogen-bond donors (Lipinski definition) is 1. The number of fused-ring (bicyclic) bond motifs is 1. The summed E-state index contributed by atoms with van der Waals surface area (Å²) in [6, 6.07) is 7.64. The first-order valence-corrected chi connectivity index (χ1v) is 10.6. The first-order valence-electron chi connectivity index (χ1n) is 8.13. The van der Waals surface area contributed by atoms with E-state index in [4.69, 9.17) is 20.9 Å². The first-order chi connectivity index (χ1) is 12.9. The van der Waals surface area contributed by atoms with Crippen LogP contribution in [0.15, 0.2) is 36.7 Å². The molecule has 9 heteroatoms. The van der Waals surface area contributed by atoms with E-state index in [0.717, 1.165) is 0 Å². The van der Waals surface area contributed by atoms with Crippen molar-refractivity contribution in [3.63, 3.8) is 0 Å². The molecule has 6 nitrogen and oxygen atoms in total. The van der Waals surface area contributed by atoms with Crippen molar-refractivity contribution in [3.05, 3.63) is 47.5 Å². The third kappa shape index (κ3) is 4.05. The molecule has 1 heterocycles. The highest BCUT2D eigenvalue weighted by atomic mass is 35.5. The number of halogens is 2.